The number of thiophene rings is 1. The number of para-hydroxylation sites is 1. The van der Waals surface area contributed by atoms with Gasteiger partial charge in [-0.15, -0.1) is 21.5 Å². The van der Waals surface area contributed by atoms with Crippen molar-refractivity contribution in [1.82, 2.24) is 10.2 Å². The highest BCUT2D eigenvalue weighted by Gasteiger charge is 2.16. The molecule has 4 aromatic rings. The minimum absolute atomic E-state index is 0.323. The molecule has 4 rings (SSSR count). The van der Waals surface area contributed by atoms with Crippen LogP contribution in [0.4, 0.5) is 10.8 Å². The maximum absolute atomic E-state index is 12.8. The van der Waals surface area contributed by atoms with Crippen molar-refractivity contribution in [3.8, 4) is 5.75 Å². The minimum Gasteiger partial charge on any atom is -0.497 e. The third-order valence-corrected chi connectivity index (χ3v) is 7.40. The number of carbonyl (C=O) groups excluding carboxylic acids is 2. The molecule has 0 aliphatic carbocycles. The Morgan fingerprint density at radius 3 is 2.53 bits per heavy atom. The molecule has 0 aliphatic rings. The van der Waals surface area contributed by atoms with E-state index in [-0.39, 0.29) is 11.8 Å². The molecular formula is C22H18N4O3S3. The zero-order chi connectivity index (χ0) is 22.3. The van der Waals surface area contributed by atoms with Crippen molar-refractivity contribution in [1.29, 1.82) is 0 Å². The molecule has 162 valence electrons. The molecule has 2 aromatic heterocycles. The molecule has 7 nitrogen and oxygen atoms in total. The Bertz CT molecular complexity index is 1210. The molecule has 0 fully saturated rings. The molecule has 32 heavy (non-hydrogen) atoms. The molecule has 2 heterocycles. The smallest absolute Gasteiger partial charge is 0.259 e. The average molecular weight is 483 g/mol. The lowest BCUT2D eigenvalue weighted by Gasteiger charge is -2.10. The summed E-state index contributed by atoms with van der Waals surface area (Å²) in [6.07, 6.45) is 0. The van der Waals surface area contributed by atoms with Crippen LogP contribution in [0.5, 0.6) is 5.75 Å². The van der Waals surface area contributed by atoms with E-state index in [0.717, 1.165) is 10.1 Å². The summed E-state index contributed by atoms with van der Waals surface area (Å²) in [6, 6.07) is 17.6. The zero-order valence-electron chi connectivity index (χ0n) is 16.9. The Kier molecular flexibility index (Phi) is 7.15. The Balaban J connectivity index is 1.41. The number of methoxy groups -OCH3 is 1. The second kappa shape index (κ2) is 10.4. The number of rotatable bonds is 8. The number of anilines is 2. The van der Waals surface area contributed by atoms with E-state index in [1.54, 1.807) is 78.7 Å². The molecule has 0 atom stereocenters. The van der Waals surface area contributed by atoms with Crippen LogP contribution in [0, 0.1) is 0 Å². The molecule has 0 bridgehead atoms. The van der Waals surface area contributed by atoms with Crippen LogP contribution >= 0.6 is 34.4 Å². The number of hydrogen-bond acceptors (Lipinski definition) is 8. The number of carbonyl (C=O) groups is 2. The van der Waals surface area contributed by atoms with Gasteiger partial charge in [-0.2, -0.15) is 0 Å². The largest absolute Gasteiger partial charge is 0.497 e. The van der Waals surface area contributed by atoms with Crippen molar-refractivity contribution in [2.75, 3.05) is 17.7 Å². The molecular weight excluding hydrogens is 464 g/mol. The van der Waals surface area contributed by atoms with Crippen molar-refractivity contribution >= 4 is 57.1 Å². The number of aromatic nitrogens is 2. The van der Waals surface area contributed by atoms with Crippen LogP contribution in [-0.2, 0) is 5.75 Å². The van der Waals surface area contributed by atoms with Crippen molar-refractivity contribution in [3.63, 3.8) is 0 Å². The van der Waals surface area contributed by atoms with Gasteiger partial charge in [0, 0.05) is 16.2 Å². The fraction of sp³-hybridized carbons (Fsp3) is 0.0909. The lowest BCUT2D eigenvalue weighted by molar-refractivity contribution is 0.102. The first-order valence-electron chi connectivity index (χ1n) is 9.47. The van der Waals surface area contributed by atoms with Crippen LogP contribution in [0.3, 0.4) is 0 Å². The fourth-order valence-electron chi connectivity index (χ4n) is 2.74. The average Bonchev–Trinajstić information content (AvgIpc) is 3.50. The molecule has 0 spiro atoms. The third-order valence-electron chi connectivity index (χ3n) is 4.32. The Hall–Kier alpha value is -3.21. The molecule has 0 radical (unpaired) electrons. The van der Waals surface area contributed by atoms with Crippen LogP contribution in [0.15, 0.2) is 70.4 Å². The monoisotopic (exact) mass is 482 g/mol. The highest BCUT2D eigenvalue weighted by Crippen LogP contribution is 2.30. The summed E-state index contributed by atoms with van der Waals surface area (Å²) in [5.41, 5.74) is 1.19. The van der Waals surface area contributed by atoms with Gasteiger partial charge in [0.1, 0.15) is 5.75 Å². The molecule has 0 unspecified atom stereocenters. The van der Waals surface area contributed by atoms with Crippen molar-refractivity contribution < 1.29 is 14.3 Å². The topological polar surface area (TPSA) is 93.2 Å². The van der Waals surface area contributed by atoms with E-state index in [1.165, 1.54) is 16.2 Å². The van der Waals surface area contributed by atoms with E-state index in [1.807, 2.05) is 11.4 Å². The van der Waals surface area contributed by atoms with Crippen LogP contribution in [0.25, 0.3) is 0 Å². The number of nitrogens with zero attached hydrogens (tertiary/aromatic N) is 2. The van der Waals surface area contributed by atoms with E-state index in [0.29, 0.717) is 27.7 Å². The van der Waals surface area contributed by atoms with Gasteiger partial charge in [-0.25, -0.2) is 0 Å². The van der Waals surface area contributed by atoms with Crippen LogP contribution in [-0.4, -0.2) is 29.1 Å². The summed E-state index contributed by atoms with van der Waals surface area (Å²) in [5, 5.41) is 16.2. The van der Waals surface area contributed by atoms with E-state index < -0.39 is 0 Å². The number of benzene rings is 2. The minimum atomic E-state index is -0.374. The van der Waals surface area contributed by atoms with Gasteiger partial charge in [0.25, 0.3) is 11.8 Å². The van der Waals surface area contributed by atoms with E-state index in [4.69, 9.17) is 4.74 Å². The number of hydrogen-bond donors (Lipinski definition) is 2. The summed E-state index contributed by atoms with van der Waals surface area (Å²) >= 11 is 4.57. The summed E-state index contributed by atoms with van der Waals surface area (Å²) < 4.78 is 5.89. The molecule has 0 aliphatic heterocycles. The second-order valence-electron chi connectivity index (χ2n) is 6.42. The first-order chi connectivity index (χ1) is 15.6. The van der Waals surface area contributed by atoms with Gasteiger partial charge >= 0.3 is 0 Å². The van der Waals surface area contributed by atoms with E-state index in [9.17, 15) is 9.59 Å². The molecule has 2 aromatic carbocycles. The first-order valence-corrected chi connectivity index (χ1v) is 12.1. The predicted octanol–water partition coefficient (Wildman–Crippen LogP) is 5.41. The standard InChI is InChI=1S/C22H18N4O3S3/c1-29-15-10-8-14(9-11-15)19(27)23-18-7-3-2-6-17(18)20(28)24-21-25-26-22(32-21)31-13-16-5-4-12-30-16/h2-12H,13H2,1H3,(H,23,27)(H,24,25,28). The Morgan fingerprint density at radius 2 is 1.78 bits per heavy atom. The molecule has 0 saturated carbocycles. The van der Waals surface area contributed by atoms with Gasteiger partial charge in [-0.3, -0.25) is 14.9 Å². The Morgan fingerprint density at radius 1 is 0.969 bits per heavy atom. The fourth-order valence-corrected chi connectivity index (χ4v) is 5.26. The number of nitrogens with one attached hydrogen (secondary N) is 2. The van der Waals surface area contributed by atoms with Crippen LogP contribution in [0.2, 0.25) is 0 Å². The van der Waals surface area contributed by atoms with Gasteiger partial charge in [-0.1, -0.05) is 41.3 Å². The second-order valence-corrected chi connectivity index (χ2v) is 9.66. The number of ether oxygens (including phenoxy) is 1. The molecule has 2 N–H and O–H groups in total. The van der Waals surface area contributed by atoms with E-state index in [2.05, 4.69) is 26.9 Å². The maximum atomic E-state index is 12.8. The van der Waals surface area contributed by atoms with Crippen molar-refractivity contribution in [2.45, 2.75) is 10.1 Å². The van der Waals surface area contributed by atoms with E-state index >= 15 is 0 Å². The lowest BCUT2D eigenvalue weighted by atomic mass is 10.1. The third kappa shape index (κ3) is 5.52. The summed E-state index contributed by atoms with van der Waals surface area (Å²) in [5.74, 6) is 0.768. The van der Waals surface area contributed by atoms with Gasteiger partial charge in [0.2, 0.25) is 5.13 Å². The maximum Gasteiger partial charge on any atom is 0.259 e. The van der Waals surface area contributed by atoms with Gasteiger partial charge < -0.3 is 10.1 Å². The van der Waals surface area contributed by atoms with Crippen molar-refractivity contribution in [2.24, 2.45) is 0 Å². The quantitative estimate of drug-likeness (QED) is 0.258. The SMILES string of the molecule is COc1ccc(C(=O)Nc2ccccc2C(=O)Nc2nnc(SCc3cccs3)s2)cc1. The molecule has 2 amide bonds. The lowest BCUT2D eigenvalue weighted by Crippen LogP contribution is -2.18. The predicted molar refractivity (Wildman–Crippen MR) is 129 cm³/mol. The van der Waals surface area contributed by atoms with Crippen LogP contribution < -0.4 is 15.4 Å². The number of amides is 2. The van der Waals surface area contributed by atoms with Crippen molar-refractivity contribution in [3.05, 3.63) is 82.0 Å². The normalized spacial score (nSPS) is 10.5. The highest BCUT2D eigenvalue weighted by molar-refractivity contribution is 8.00. The summed E-state index contributed by atoms with van der Waals surface area (Å²) in [4.78, 5) is 26.7. The zero-order valence-corrected chi connectivity index (χ0v) is 19.4. The molecule has 10 heteroatoms. The highest BCUT2D eigenvalue weighted by atomic mass is 32.2. The van der Waals surface area contributed by atoms with Crippen LogP contribution in [0.1, 0.15) is 25.6 Å². The van der Waals surface area contributed by atoms with Gasteiger partial charge in [-0.05, 0) is 47.8 Å². The van der Waals surface area contributed by atoms with Gasteiger partial charge in [0.15, 0.2) is 4.34 Å². The van der Waals surface area contributed by atoms with Gasteiger partial charge in [0.05, 0.1) is 18.4 Å². The summed E-state index contributed by atoms with van der Waals surface area (Å²) in [6.45, 7) is 0. The first kappa shape index (κ1) is 22.0. The molecule has 0 saturated heterocycles. The number of thioether (sulfide) groups is 1. The Labute approximate surface area is 196 Å². The summed E-state index contributed by atoms with van der Waals surface area (Å²) in [7, 11) is 1.56.